The van der Waals surface area contributed by atoms with E-state index in [1.807, 2.05) is 13.0 Å². The number of hydrogen-bond donors (Lipinski definition) is 1. The summed E-state index contributed by atoms with van der Waals surface area (Å²) in [5.41, 5.74) is 0.553. The second-order valence-corrected chi connectivity index (χ2v) is 4.97. The van der Waals surface area contributed by atoms with E-state index in [0.29, 0.717) is 5.56 Å². The maximum atomic E-state index is 12.1. The van der Waals surface area contributed by atoms with E-state index in [0.717, 1.165) is 30.0 Å². The molecule has 0 aromatic heterocycles. The molecule has 0 aliphatic heterocycles. The Morgan fingerprint density at radius 3 is 2.55 bits per heavy atom. The van der Waals surface area contributed by atoms with Crippen LogP contribution in [0.25, 0.3) is 10.8 Å². The molecule has 3 heteroatoms. The molecule has 1 atom stereocenters. The van der Waals surface area contributed by atoms with Crippen LogP contribution >= 0.6 is 0 Å². The molecule has 0 heterocycles. The highest BCUT2D eigenvalue weighted by atomic mass is 16.5. The van der Waals surface area contributed by atoms with E-state index in [9.17, 15) is 9.90 Å². The maximum absolute atomic E-state index is 12.1. The van der Waals surface area contributed by atoms with Crippen molar-refractivity contribution in [2.45, 2.75) is 39.2 Å². The fraction of sp³-hybridized carbons (Fsp3) is 0.353. The van der Waals surface area contributed by atoms with Crippen LogP contribution in [0.3, 0.4) is 0 Å². The summed E-state index contributed by atoms with van der Waals surface area (Å²) in [6, 6.07) is 10.5. The number of carbonyl (C=O) groups is 1. The summed E-state index contributed by atoms with van der Waals surface area (Å²) in [6.45, 7) is 4.11. The Balaban J connectivity index is 2.20. The second kappa shape index (κ2) is 6.42. The van der Waals surface area contributed by atoms with Crippen molar-refractivity contribution in [3.63, 3.8) is 0 Å². The standard InChI is InChI=1S/C17H20O3/c1-3-5-16(4-2)20-17(19)14-7-6-13-11-15(18)9-8-12(13)10-14/h6-11,16,18H,3-5H2,1-2H3. The van der Waals surface area contributed by atoms with Crippen LogP contribution in [0.2, 0.25) is 0 Å². The minimum absolute atomic E-state index is 0.0111. The average molecular weight is 272 g/mol. The first kappa shape index (κ1) is 14.4. The third kappa shape index (κ3) is 3.29. The molecule has 1 N–H and O–H groups in total. The van der Waals surface area contributed by atoms with Crippen LogP contribution in [0.1, 0.15) is 43.5 Å². The van der Waals surface area contributed by atoms with Crippen LogP contribution in [0.4, 0.5) is 0 Å². The van der Waals surface area contributed by atoms with E-state index >= 15 is 0 Å². The Hall–Kier alpha value is -2.03. The second-order valence-electron chi connectivity index (χ2n) is 4.97. The van der Waals surface area contributed by atoms with Crippen molar-refractivity contribution in [1.29, 1.82) is 0 Å². The molecule has 106 valence electrons. The monoisotopic (exact) mass is 272 g/mol. The molecule has 0 spiro atoms. The number of carbonyl (C=O) groups excluding carboxylic acids is 1. The average Bonchev–Trinajstić information content (AvgIpc) is 2.46. The predicted molar refractivity (Wildman–Crippen MR) is 80.0 cm³/mol. The highest BCUT2D eigenvalue weighted by Crippen LogP contribution is 2.22. The Kier molecular flexibility index (Phi) is 4.61. The summed E-state index contributed by atoms with van der Waals surface area (Å²) in [7, 11) is 0. The summed E-state index contributed by atoms with van der Waals surface area (Å²) in [5.74, 6) is -0.0536. The van der Waals surface area contributed by atoms with Gasteiger partial charge in [-0.15, -0.1) is 0 Å². The molecule has 2 aromatic rings. The van der Waals surface area contributed by atoms with Gasteiger partial charge in [0.05, 0.1) is 5.56 Å². The predicted octanol–water partition coefficient (Wildman–Crippen LogP) is 4.28. The van der Waals surface area contributed by atoms with Crippen LogP contribution in [0, 0.1) is 0 Å². The zero-order valence-electron chi connectivity index (χ0n) is 11.9. The van der Waals surface area contributed by atoms with Crippen molar-refractivity contribution < 1.29 is 14.6 Å². The smallest absolute Gasteiger partial charge is 0.338 e. The molecule has 0 radical (unpaired) electrons. The van der Waals surface area contributed by atoms with Crippen molar-refractivity contribution in [2.75, 3.05) is 0 Å². The molecule has 0 aliphatic carbocycles. The van der Waals surface area contributed by atoms with Crippen LogP contribution in [0.15, 0.2) is 36.4 Å². The molecule has 0 saturated carbocycles. The molecule has 0 fully saturated rings. The Bertz CT molecular complexity index is 604. The van der Waals surface area contributed by atoms with Crippen molar-refractivity contribution >= 4 is 16.7 Å². The first-order chi connectivity index (χ1) is 9.63. The largest absolute Gasteiger partial charge is 0.508 e. The Morgan fingerprint density at radius 2 is 1.85 bits per heavy atom. The summed E-state index contributed by atoms with van der Waals surface area (Å²) < 4.78 is 5.51. The SMILES string of the molecule is CCCC(CC)OC(=O)c1ccc2cc(O)ccc2c1. The van der Waals surface area contributed by atoms with Gasteiger partial charge in [-0.1, -0.05) is 32.4 Å². The highest BCUT2D eigenvalue weighted by molar-refractivity contribution is 5.95. The molecule has 0 bridgehead atoms. The van der Waals surface area contributed by atoms with E-state index in [-0.39, 0.29) is 17.8 Å². The summed E-state index contributed by atoms with van der Waals surface area (Å²) in [4.78, 5) is 12.1. The fourth-order valence-electron chi connectivity index (χ4n) is 2.25. The lowest BCUT2D eigenvalue weighted by Crippen LogP contribution is -2.17. The van der Waals surface area contributed by atoms with Gasteiger partial charge in [0.1, 0.15) is 11.9 Å². The van der Waals surface area contributed by atoms with Crippen LogP contribution in [0.5, 0.6) is 5.75 Å². The van der Waals surface area contributed by atoms with Crippen LogP contribution in [-0.2, 0) is 4.74 Å². The van der Waals surface area contributed by atoms with Gasteiger partial charge in [0.2, 0.25) is 0 Å². The lowest BCUT2D eigenvalue weighted by atomic mass is 10.1. The first-order valence-corrected chi connectivity index (χ1v) is 7.07. The minimum Gasteiger partial charge on any atom is -0.508 e. The number of fused-ring (bicyclic) bond motifs is 1. The zero-order valence-corrected chi connectivity index (χ0v) is 11.9. The van der Waals surface area contributed by atoms with E-state index in [4.69, 9.17) is 4.74 Å². The molecule has 3 nitrogen and oxygen atoms in total. The van der Waals surface area contributed by atoms with Gasteiger partial charge in [0, 0.05) is 0 Å². The number of benzene rings is 2. The molecular weight excluding hydrogens is 252 g/mol. The highest BCUT2D eigenvalue weighted by Gasteiger charge is 2.14. The van der Waals surface area contributed by atoms with Gasteiger partial charge in [0.15, 0.2) is 0 Å². The third-order valence-electron chi connectivity index (χ3n) is 3.40. The number of ether oxygens (including phenoxy) is 1. The Morgan fingerprint density at radius 1 is 1.15 bits per heavy atom. The zero-order chi connectivity index (χ0) is 14.5. The molecule has 20 heavy (non-hydrogen) atoms. The number of rotatable bonds is 5. The number of hydrogen-bond acceptors (Lipinski definition) is 3. The lowest BCUT2D eigenvalue weighted by molar-refractivity contribution is 0.0272. The number of phenolic OH excluding ortho intramolecular Hbond substituents is 1. The van der Waals surface area contributed by atoms with Crippen molar-refractivity contribution in [3.8, 4) is 5.75 Å². The number of phenols is 1. The van der Waals surface area contributed by atoms with Gasteiger partial charge in [-0.2, -0.15) is 0 Å². The quantitative estimate of drug-likeness (QED) is 0.826. The molecular formula is C17H20O3. The molecule has 0 saturated heterocycles. The molecule has 0 aliphatic rings. The van der Waals surface area contributed by atoms with E-state index < -0.39 is 0 Å². The Labute approximate surface area is 119 Å². The molecule has 2 aromatic carbocycles. The third-order valence-corrected chi connectivity index (χ3v) is 3.40. The summed E-state index contributed by atoms with van der Waals surface area (Å²) in [6.07, 6.45) is 2.72. The maximum Gasteiger partial charge on any atom is 0.338 e. The fourth-order valence-corrected chi connectivity index (χ4v) is 2.25. The summed E-state index contributed by atoms with van der Waals surface area (Å²) >= 11 is 0. The van der Waals surface area contributed by atoms with Crippen LogP contribution in [-0.4, -0.2) is 17.2 Å². The van der Waals surface area contributed by atoms with Crippen molar-refractivity contribution in [3.05, 3.63) is 42.0 Å². The van der Waals surface area contributed by atoms with E-state index in [2.05, 4.69) is 6.92 Å². The summed E-state index contributed by atoms with van der Waals surface area (Å²) in [5, 5.41) is 11.2. The lowest BCUT2D eigenvalue weighted by Gasteiger charge is -2.15. The van der Waals surface area contributed by atoms with E-state index in [1.165, 1.54) is 0 Å². The van der Waals surface area contributed by atoms with Crippen molar-refractivity contribution in [1.82, 2.24) is 0 Å². The number of esters is 1. The van der Waals surface area contributed by atoms with Gasteiger partial charge in [-0.3, -0.25) is 0 Å². The normalized spacial score (nSPS) is 12.3. The van der Waals surface area contributed by atoms with Gasteiger partial charge < -0.3 is 9.84 Å². The number of aromatic hydroxyl groups is 1. The topological polar surface area (TPSA) is 46.5 Å². The van der Waals surface area contributed by atoms with Crippen LogP contribution < -0.4 is 0 Å². The van der Waals surface area contributed by atoms with Gasteiger partial charge in [0.25, 0.3) is 0 Å². The molecule has 2 rings (SSSR count). The molecule has 0 amide bonds. The molecule has 1 unspecified atom stereocenters. The van der Waals surface area contributed by atoms with E-state index in [1.54, 1.807) is 30.3 Å². The first-order valence-electron chi connectivity index (χ1n) is 7.07. The van der Waals surface area contributed by atoms with Gasteiger partial charge in [-0.25, -0.2) is 4.79 Å². The van der Waals surface area contributed by atoms with Gasteiger partial charge >= 0.3 is 5.97 Å². The minimum atomic E-state index is -0.278. The van der Waals surface area contributed by atoms with Crippen molar-refractivity contribution in [2.24, 2.45) is 0 Å². The van der Waals surface area contributed by atoms with Gasteiger partial charge in [-0.05, 0) is 47.9 Å².